The second-order valence-corrected chi connectivity index (χ2v) is 4.98. The number of rotatable bonds is 4. The highest BCUT2D eigenvalue weighted by atomic mass is 35.5. The molecule has 0 radical (unpaired) electrons. The third-order valence-electron chi connectivity index (χ3n) is 2.65. The van der Waals surface area contributed by atoms with Crippen molar-refractivity contribution in [3.8, 4) is 11.5 Å². The Morgan fingerprint density at radius 1 is 1.30 bits per heavy atom. The fourth-order valence-electron chi connectivity index (χ4n) is 1.75. The lowest BCUT2D eigenvalue weighted by Crippen LogP contribution is -2.11. The number of halogens is 1. The van der Waals surface area contributed by atoms with Crippen molar-refractivity contribution < 1.29 is 14.3 Å². The van der Waals surface area contributed by atoms with Gasteiger partial charge >= 0.3 is 5.97 Å². The van der Waals surface area contributed by atoms with Gasteiger partial charge in [-0.1, -0.05) is 12.1 Å². The van der Waals surface area contributed by atoms with Crippen molar-refractivity contribution in [3.05, 3.63) is 46.2 Å². The molecular formula is C14H16ClNO3S. The van der Waals surface area contributed by atoms with Crippen LogP contribution in [0.25, 0.3) is 0 Å². The number of esters is 1. The molecule has 108 valence electrons. The Labute approximate surface area is 127 Å². The van der Waals surface area contributed by atoms with E-state index in [0.717, 1.165) is 10.4 Å². The number of hydrogen-bond donors (Lipinski definition) is 1. The van der Waals surface area contributed by atoms with Crippen molar-refractivity contribution >= 4 is 29.7 Å². The third-order valence-corrected chi connectivity index (χ3v) is 3.61. The van der Waals surface area contributed by atoms with E-state index in [-0.39, 0.29) is 24.4 Å². The highest BCUT2D eigenvalue weighted by molar-refractivity contribution is 7.10. The molecule has 0 aliphatic heterocycles. The SMILES string of the molecule is COc1cc([C@H](N)c2cccs2)ccc1OC(C)=O.Cl. The molecule has 2 aromatic rings. The largest absolute Gasteiger partial charge is 0.493 e. The highest BCUT2D eigenvalue weighted by Gasteiger charge is 2.14. The molecule has 0 amide bonds. The summed E-state index contributed by atoms with van der Waals surface area (Å²) in [5.74, 6) is 0.519. The molecule has 0 unspecified atom stereocenters. The van der Waals surface area contributed by atoms with Crippen molar-refractivity contribution in [1.82, 2.24) is 0 Å². The molecule has 0 saturated carbocycles. The number of methoxy groups -OCH3 is 1. The average Bonchev–Trinajstić information content (AvgIpc) is 2.91. The number of ether oxygens (including phenoxy) is 2. The second kappa shape index (κ2) is 7.28. The third kappa shape index (κ3) is 3.72. The first-order chi connectivity index (χ1) is 9.11. The minimum atomic E-state index is -0.381. The lowest BCUT2D eigenvalue weighted by atomic mass is 10.1. The molecule has 0 bridgehead atoms. The summed E-state index contributed by atoms with van der Waals surface area (Å²) < 4.78 is 10.3. The maximum absolute atomic E-state index is 11.0. The lowest BCUT2D eigenvalue weighted by Gasteiger charge is -2.14. The topological polar surface area (TPSA) is 61.6 Å². The van der Waals surface area contributed by atoms with E-state index in [0.29, 0.717) is 11.5 Å². The molecule has 0 aliphatic carbocycles. The van der Waals surface area contributed by atoms with Gasteiger partial charge in [-0.25, -0.2) is 0 Å². The minimum Gasteiger partial charge on any atom is -0.493 e. The van der Waals surface area contributed by atoms with Crippen LogP contribution in [0.3, 0.4) is 0 Å². The van der Waals surface area contributed by atoms with Gasteiger partial charge in [0.1, 0.15) is 0 Å². The summed E-state index contributed by atoms with van der Waals surface area (Å²) in [6, 6.07) is 9.07. The predicted molar refractivity (Wildman–Crippen MR) is 81.9 cm³/mol. The Morgan fingerprint density at radius 2 is 2.05 bits per heavy atom. The normalized spacial score (nSPS) is 11.3. The van der Waals surface area contributed by atoms with Gasteiger partial charge in [-0.15, -0.1) is 23.7 Å². The Morgan fingerprint density at radius 3 is 2.60 bits per heavy atom. The maximum atomic E-state index is 11.0. The van der Waals surface area contributed by atoms with Crippen LogP contribution in [0.5, 0.6) is 11.5 Å². The van der Waals surface area contributed by atoms with E-state index in [9.17, 15) is 4.79 Å². The number of nitrogens with two attached hydrogens (primary N) is 1. The smallest absolute Gasteiger partial charge is 0.308 e. The van der Waals surface area contributed by atoms with Crippen molar-refractivity contribution in [3.63, 3.8) is 0 Å². The highest BCUT2D eigenvalue weighted by Crippen LogP contribution is 2.32. The number of carbonyl (C=O) groups is 1. The molecule has 2 rings (SSSR count). The monoisotopic (exact) mass is 313 g/mol. The van der Waals surface area contributed by atoms with Crippen LogP contribution in [0.4, 0.5) is 0 Å². The van der Waals surface area contributed by atoms with Crippen LogP contribution in [-0.4, -0.2) is 13.1 Å². The molecule has 1 heterocycles. The molecular weight excluding hydrogens is 298 g/mol. The lowest BCUT2D eigenvalue weighted by molar-refractivity contribution is -0.132. The van der Waals surface area contributed by atoms with Crippen molar-refractivity contribution in [2.75, 3.05) is 7.11 Å². The first kappa shape index (κ1) is 16.5. The van der Waals surface area contributed by atoms with Gasteiger partial charge in [0.25, 0.3) is 0 Å². The van der Waals surface area contributed by atoms with E-state index in [4.69, 9.17) is 15.2 Å². The fraction of sp³-hybridized carbons (Fsp3) is 0.214. The zero-order chi connectivity index (χ0) is 13.8. The summed E-state index contributed by atoms with van der Waals surface area (Å²) in [6.45, 7) is 1.35. The zero-order valence-corrected chi connectivity index (χ0v) is 12.8. The van der Waals surface area contributed by atoms with Gasteiger partial charge < -0.3 is 15.2 Å². The van der Waals surface area contributed by atoms with Crippen LogP contribution >= 0.6 is 23.7 Å². The Hall–Kier alpha value is -1.56. The minimum absolute atomic E-state index is 0. The molecule has 4 nitrogen and oxygen atoms in total. The Kier molecular flexibility index (Phi) is 6.01. The molecule has 1 aromatic heterocycles. The molecule has 0 fully saturated rings. The standard InChI is InChI=1S/C14H15NO3S.ClH/c1-9(16)18-11-6-5-10(8-12(11)17-2)14(15)13-4-3-7-19-13;/h3-8,14H,15H2,1-2H3;1H/t14-;/m0./s1. The molecule has 0 saturated heterocycles. The van der Waals surface area contributed by atoms with Gasteiger partial charge in [0, 0.05) is 11.8 Å². The van der Waals surface area contributed by atoms with E-state index >= 15 is 0 Å². The molecule has 2 N–H and O–H groups in total. The van der Waals surface area contributed by atoms with Crippen LogP contribution in [0.1, 0.15) is 23.4 Å². The van der Waals surface area contributed by atoms with Crippen LogP contribution in [0.2, 0.25) is 0 Å². The van der Waals surface area contributed by atoms with Gasteiger partial charge in [0.05, 0.1) is 13.2 Å². The molecule has 6 heteroatoms. The second-order valence-electron chi connectivity index (χ2n) is 4.00. The first-order valence-electron chi connectivity index (χ1n) is 5.77. The first-order valence-corrected chi connectivity index (χ1v) is 6.65. The molecule has 1 atom stereocenters. The van der Waals surface area contributed by atoms with Crippen LogP contribution in [0.15, 0.2) is 35.7 Å². The summed E-state index contributed by atoms with van der Waals surface area (Å²) in [5, 5.41) is 1.99. The Balaban J connectivity index is 0.00000200. The molecule has 0 aliphatic rings. The van der Waals surface area contributed by atoms with Crippen LogP contribution in [-0.2, 0) is 4.79 Å². The maximum Gasteiger partial charge on any atom is 0.308 e. The van der Waals surface area contributed by atoms with Gasteiger partial charge in [-0.2, -0.15) is 0 Å². The predicted octanol–water partition coefficient (Wildman–Crippen LogP) is 3.15. The molecule has 1 aromatic carbocycles. The van der Waals surface area contributed by atoms with Gasteiger partial charge in [-0.3, -0.25) is 4.79 Å². The summed E-state index contributed by atoms with van der Waals surface area (Å²) in [4.78, 5) is 12.1. The van der Waals surface area contributed by atoms with Crippen molar-refractivity contribution in [2.45, 2.75) is 13.0 Å². The van der Waals surface area contributed by atoms with E-state index in [2.05, 4.69) is 0 Å². The Bertz CT molecular complexity index is 572. The molecule has 0 spiro atoms. The fourth-order valence-corrected chi connectivity index (χ4v) is 2.50. The van der Waals surface area contributed by atoms with Gasteiger partial charge in [-0.05, 0) is 29.1 Å². The van der Waals surface area contributed by atoms with E-state index in [1.807, 2.05) is 23.6 Å². The summed E-state index contributed by atoms with van der Waals surface area (Å²) in [5.41, 5.74) is 7.09. The van der Waals surface area contributed by atoms with E-state index in [1.165, 1.54) is 14.0 Å². The van der Waals surface area contributed by atoms with E-state index in [1.54, 1.807) is 23.5 Å². The van der Waals surface area contributed by atoms with Crippen molar-refractivity contribution in [2.24, 2.45) is 5.73 Å². The van der Waals surface area contributed by atoms with Crippen molar-refractivity contribution in [1.29, 1.82) is 0 Å². The number of thiophene rings is 1. The summed E-state index contributed by atoms with van der Waals surface area (Å²) in [7, 11) is 1.53. The van der Waals surface area contributed by atoms with Crippen LogP contribution < -0.4 is 15.2 Å². The molecule has 20 heavy (non-hydrogen) atoms. The van der Waals surface area contributed by atoms with Crippen LogP contribution in [0, 0.1) is 0 Å². The van der Waals surface area contributed by atoms with Gasteiger partial charge in [0.15, 0.2) is 11.5 Å². The number of carbonyl (C=O) groups excluding carboxylic acids is 1. The van der Waals surface area contributed by atoms with Gasteiger partial charge in [0.2, 0.25) is 0 Å². The number of hydrogen-bond acceptors (Lipinski definition) is 5. The summed E-state index contributed by atoms with van der Waals surface area (Å²) >= 11 is 1.60. The number of benzene rings is 1. The quantitative estimate of drug-likeness (QED) is 0.696. The van der Waals surface area contributed by atoms with E-state index < -0.39 is 0 Å². The zero-order valence-electron chi connectivity index (χ0n) is 11.2. The summed E-state index contributed by atoms with van der Waals surface area (Å²) in [6.07, 6.45) is 0. The average molecular weight is 314 g/mol.